The fourth-order valence-electron chi connectivity index (χ4n) is 1.53. The molecule has 0 amide bonds. The van der Waals surface area contributed by atoms with Crippen LogP contribution in [0.2, 0.25) is 0 Å². The van der Waals surface area contributed by atoms with E-state index in [9.17, 15) is 0 Å². The van der Waals surface area contributed by atoms with Crippen molar-refractivity contribution in [3.05, 3.63) is 12.2 Å². The average molecular weight is 138 g/mol. The smallest absolute Gasteiger partial charge is 0.234 e. The molecular formula is C7H12N3+. The van der Waals surface area contributed by atoms with Gasteiger partial charge >= 0.3 is 0 Å². The van der Waals surface area contributed by atoms with Crippen LogP contribution in [0.1, 0.15) is 19.7 Å². The summed E-state index contributed by atoms with van der Waals surface area (Å²) in [6.45, 7) is 5.63. The van der Waals surface area contributed by atoms with E-state index in [4.69, 9.17) is 0 Å². The van der Waals surface area contributed by atoms with Crippen LogP contribution < -0.4 is 4.57 Å². The van der Waals surface area contributed by atoms with Crippen molar-refractivity contribution >= 4 is 0 Å². The minimum atomic E-state index is 0.414. The summed E-state index contributed by atoms with van der Waals surface area (Å²) in [6.07, 6.45) is 3.03. The number of aromatic nitrogens is 3. The molecule has 2 rings (SSSR count). The SMILES string of the molecule is CC1(C)Cc2n[nH]c[n+]2C1. The van der Waals surface area contributed by atoms with Gasteiger partial charge in [0.25, 0.3) is 5.82 Å². The van der Waals surface area contributed by atoms with Crippen LogP contribution in [-0.2, 0) is 13.0 Å². The highest BCUT2D eigenvalue weighted by Crippen LogP contribution is 2.24. The molecule has 1 aromatic rings. The quantitative estimate of drug-likeness (QED) is 0.513. The Kier molecular flexibility index (Phi) is 0.938. The molecule has 0 aromatic carbocycles. The summed E-state index contributed by atoms with van der Waals surface area (Å²) in [5.74, 6) is 1.19. The molecule has 0 fully saturated rings. The van der Waals surface area contributed by atoms with Crippen LogP contribution in [-0.4, -0.2) is 10.2 Å². The minimum absolute atomic E-state index is 0.414. The lowest BCUT2D eigenvalue weighted by atomic mass is 9.92. The van der Waals surface area contributed by atoms with Gasteiger partial charge in [-0.1, -0.05) is 13.8 Å². The lowest BCUT2D eigenvalue weighted by Crippen LogP contribution is -2.33. The molecule has 1 aromatic heterocycles. The van der Waals surface area contributed by atoms with Crippen LogP contribution in [0.3, 0.4) is 0 Å². The first kappa shape index (κ1) is 5.89. The monoisotopic (exact) mass is 138 g/mol. The maximum absolute atomic E-state index is 4.13. The van der Waals surface area contributed by atoms with Gasteiger partial charge < -0.3 is 0 Å². The molecule has 0 atom stereocenters. The van der Waals surface area contributed by atoms with Gasteiger partial charge in [0.15, 0.2) is 0 Å². The Bertz CT molecular complexity index is 227. The van der Waals surface area contributed by atoms with Gasteiger partial charge in [-0.3, -0.25) is 0 Å². The van der Waals surface area contributed by atoms with Gasteiger partial charge in [-0.25, -0.2) is 4.57 Å². The summed E-state index contributed by atoms with van der Waals surface area (Å²) in [4.78, 5) is 0. The predicted octanol–water partition coefficient (Wildman–Crippen LogP) is 0.279. The number of hydrogen-bond acceptors (Lipinski definition) is 1. The van der Waals surface area contributed by atoms with Crippen LogP contribution in [0.4, 0.5) is 0 Å². The lowest BCUT2D eigenvalue weighted by Gasteiger charge is -2.11. The molecule has 0 spiro atoms. The van der Waals surface area contributed by atoms with Crippen molar-refractivity contribution in [3.8, 4) is 0 Å². The molecule has 0 radical (unpaired) electrons. The maximum atomic E-state index is 4.13. The summed E-state index contributed by atoms with van der Waals surface area (Å²) in [5.41, 5.74) is 0.414. The van der Waals surface area contributed by atoms with E-state index in [1.165, 1.54) is 5.82 Å². The number of aromatic amines is 1. The van der Waals surface area contributed by atoms with E-state index in [0.29, 0.717) is 5.41 Å². The third-order valence-corrected chi connectivity index (χ3v) is 1.97. The number of fused-ring (bicyclic) bond motifs is 1. The van der Waals surface area contributed by atoms with Crippen LogP contribution in [0.15, 0.2) is 6.33 Å². The predicted molar refractivity (Wildman–Crippen MR) is 36.3 cm³/mol. The topological polar surface area (TPSA) is 32.6 Å². The number of hydrogen-bond donors (Lipinski definition) is 1. The normalized spacial score (nSPS) is 21.0. The van der Waals surface area contributed by atoms with Crippen molar-refractivity contribution in [2.24, 2.45) is 5.41 Å². The Morgan fingerprint density at radius 3 is 3.20 bits per heavy atom. The Morgan fingerprint density at radius 2 is 2.50 bits per heavy atom. The molecular weight excluding hydrogens is 126 g/mol. The van der Waals surface area contributed by atoms with Gasteiger partial charge in [-0.2, -0.15) is 0 Å². The van der Waals surface area contributed by atoms with Crippen molar-refractivity contribution in [1.29, 1.82) is 0 Å². The highest BCUT2D eigenvalue weighted by molar-refractivity contribution is 4.84. The molecule has 0 saturated carbocycles. The molecule has 0 bridgehead atoms. The largest absolute Gasteiger partial charge is 0.277 e. The zero-order valence-corrected chi connectivity index (χ0v) is 6.39. The van der Waals surface area contributed by atoms with Crippen LogP contribution in [0.5, 0.6) is 0 Å². The van der Waals surface area contributed by atoms with Gasteiger partial charge in [0.05, 0.1) is 6.54 Å². The minimum Gasteiger partial charge on any atom is -0.234 e. The first-order chi connectivity index (χ1) is 4.67. The number of nitrogens with one attached hydrogen (secondary N) is 1. The van der Waals surface area contributed by atoms with Crippen molar-refractivity contribution in [3.63, 3.8) is 0 Å². The lowest BCUT2D eigenvalue weighted by molar-refractivity contribution is -0.698. The van der Waals surface area contributed by atoms with E-state index in [1.807, 2.05) is 6.33 Å². The fourth-order valence-corrected chi connectivity index (χ4v) is 1.53. The summed E-state index contributed by atoms with van der Waals surface area (Å²) in [7, 11) is 0. The van der Waals surface area contributed by atoms with E-state index < -0.39 is 0 Å². The van der Waals surface area contributed by atoms with Gasteiger partial charge in [0.2, 0.25) is 6.33 Å². The number of rotatable bonds is 0. The summed E-state index contributed by atoms with van der Waals surface area (Å²) >= 11 is 0. The fraction of sp³-hybridized carbons (Fsp3) is 0.714. The molecule has 1 aliphatic rings. The molecule has 0 aliphatic carbocycles. The van der Waals surface area contributed by atoms with E-state index in [2.05, 4.69) is 28.6 Å². The second-order valence-corrected chi connectivity index (χ2v) is 3.76. The molecule has 1 aliphatic heterocycles. The summed E-state index contributed by atoms with van der Waals surface area (Å²) in [6, 6.07) is 0. The Balaban J connectivity index is 2.37. The van der Waals surface area contributed by atoms with E-state index >= 15 is 0 Å². The first-order valence-corrected chi connectivity index (χ1v) is 3.59. The highest BCUT2D eigenvalue weighted by atomic mass is 15.3. The average Bonchev–Trinajstić information content (AvgIpc) is 2.20. The molecule has 0 unspecified atom stereocenters. The van der Waals surface area contributed by atoms with E-state index in [-0.39, 0.29) is 0 Å². The Morgan fingerprint density at radius 1 is 1.70 bits per heavy atom. The van der Waals surface area contributed by atoms with Crippen molar-refractivity contribution in [2.75, 3.05) is 0 Å². The van der Waals surface area contributed by atoms with Crippen LogP contribution in [0.25, 0.3) is 0 Å². The van der Waals surface area contributed by atoms with Crippen molar-refractivity contribution < 1.29 is 4.57 Å². The summed E-state index contributed by atoms with van der Waals surface area (Å²) < 4.78 is 2.18. The van der Waals surface area contributed by atoms with Gasteiger partial charge in [0, 0.05) is 16.9 Å². The Hall–Kier alpha value is -0.860. The third kappa shape index (κ3) is 0.735. The Labute approximate surface area is 60.1 Å². The van der Waals surface area contributed by atoms with Gasteiger partial charge in [0.1, 0.15) is 0 Å². The highest BCUT2D eigenvalue weighted by Gasteiger charge is 2.34. The molecule has 3 heteroatoms. The second kappa shape index (κ2) is 1.59. The number of H-pyrrole nitrogens is 1. The molecule has 1 N–H and O–H groups in total. The standard InChI is InChI=1S/C7H11N3/c1-7(2)3-6-9-8-5-10(6)4-7/h5H,3-4H2,1-2H3/p+1. The van der Waals surface area contributed by atoms with Crippen molar-refractivity contribution in [1.82, 2.24) is 10.2 Å². The first-order valence-electron chi connectivity index (χ1n) is 3.59. The van der Waals surface area contributed by atoms with E-state index in [1.54, 1.807) is 0 Å². The zero-order chi connectivity index (χ0) is 7.19. The van der Waals surface area contributed by atoms with E-state index in [0.717, 1.165) is 13.0 Å². The number of nitrogens with zero attached hydrogens (tertiary/aromatic N) is 2. The van der Waals surface area contributed by atoms with Crippen molar-refractivity contribution in [2.45, 2.75) is 26.8 Å². The molecule has 3 nitrogen and oxygen atoms in total. The zero-order valence-electron chi connectivity index (χ0n) is 6.39. The van der Waals surface area contributed by atoms with Crippen LogP contribution >= 0.6 is 0 Å². The summed E-state index contributed by atoms with van der Waals surface area (Å²) in [5, 5.41) is 6.98. The maximum Gasteiger partial charge on any atom is 0.277 e. The van der Waals surface area contributed by atoms with Gasteiger partial charge in [-0.05, 0) is 0 Å². The molecule has 10 heavy (non-hydrogen) atoms. The van der Waals surface area contributed by atoms with Gasteiger partial charge in [-0.15, -0.1) is 5.10 Å². The van der Waals surface area contributed by atoms with Crippen LogP contribution in [0, 0.1) is 5.41 Å². The molecule has 2 heterocycles. The molecule has 0 saturated heterocycles. The third-order valence-electron chi connectivity index (χ3n) is 1.97. The molecule has 54 valence electrons. The second-order valence-electron chi connectivity index (χ2n) is 3.76.